The quantitative estimate of drug-likeness (QED) is 0.688. The molecule has 2 rings (SSSR count). The van der Waals surface area contributed by atoms with Crippen LogP contribution in [0.4, 0.5) is 13.2 Å². The van der Waals surface area contributed by atoms with Gasteiger partial charge in [0.2, 0.25) is 11.8 Å². The van der Waals surface area contributed by atoms with E-state index >= 15 is 0 Å². The number of rotatable bonds is 7. The molecule has 2 aromatic rings. The normalized spacial score (nSPS) is 12.3. The SMILES string of the molecule is O=C(Cc1ccccc1)NC(CO)C(=O)NCc1ccc(C(F)(F)F)cc1. The Kier molecular flexibility index (Phi) is 6.95. The van der Waals surface area contributed by atoms with Gasteiger partial charge in [0.05, 0.1) is 18.6 Å². The molecule has 2 aromatic carbocycles. The lowest BCUT2D eigenvalue weighted by atomic mass is 10.1. The van der Waals surface area contributed by atoms with Crippen molar-refractivity contribution in [1.82, 2.24) is 10.6 Å². The highest BCUT2D eigenvalue weighted by Gasteiger charge is 2.30. The van der Waals surface area contributed by atoms with Crippen molar-refractivity contribution in [3.63, 3.8) is 0 Å². The molecule has 8 heteroatoms. The average Bonchev–Trinajstić information content (AvgIpc) is 2.64. The zero-order valence-corrected chi connectivity index (χ0v) is 14.3. The standard InChI is InChI=1S/C19H19F3N2O3/c20-19(21,22)15-8-6-14(7-9-15)11-23-18(27)16(12-25)24-17(26)10-13-4-2-1-3-5-13/h1-9,16,25H,10-12H2,(H,23,27)(H,24,26). The maximum atomic E-state index is 12.5. The summed E-state index contributed by atoms with van der Waals surface area (Å²) in [7, 11) is 0. The van der Waals surface area contributed by atoms with Crippen LogP contribution in [0.15, 0.2) is 54.6 Å². The van der Waals surface area contributed by atoms with Crippen LogP contribution in [0.5, 0.6) is 0 Å². The van der Waals surface area contributed by atoms with Crippen molar-refractivity contribution >= 4 is 11.8 Å². The summed E-state index contributed by atoms with van der Waals surface area (Å²) in [4.78, 5) is 24.1. The number of carbonyl (C=O) groups is 2. The summed E-state index contributed by atoms with van der Waals surface area (Å²) in [6.07, 6.45) is -4.36. The third-order valence-electron chi connectivity index (χ3n) is 3.79. The van der Waals surface area contributed by atoms with E-state index in [1.165, 1.54) is 12.1 Å². The van der Waals surface area contributed by atoms with Gasteiger partial charge in [-0.25, -0.2) is 0 Å². The van der Waals surface area contributed by atoms with Gasteiger partial charge in [0.1, 0.15) is 6.04 Å². The van der Waals surface area contributed by atoms with Crippen molar-refractivity contribution in [3.8, 4) is 0 Å². The number of alkyl halides is 3. The second kappa shape index (κ2) is 9.18. The van der Waals surface area contributed by atoms with Crippen LogP contribution in [0.3, 0.4) is 0 Å². The van der Waals surface area contributed by atoms with E-state index in [0.29, 0.717) is 5.56 Å². The molecule has 27 heavy (non-hydrogen) atoms. The lowest BCUT2D eigenvalue weighted by Crippen LogP contribution is -2.49. The van der Waals surface area contributed by atoms with Gasteiger partial charge >= 0.3 is 6.18 Å². The molecule has 2 amide bonds. The van der Waals surface area contributed by atoms with Gasteiger partial charge in [-0.15, -0.1) is 0 Å². The highest BCUT2D eigenvalue weighted by molar-refractivity contribution is 5.88. The van der Waals surface area contributed by atoms with Gasteiger partial charge in [0.25, 0.3) is 0 Å². The molecule has 0 heterocycles. The van der Waals surface area contributed by atoms with Gasteiger partial charge in [-0.2, -0.15) is 13.2 Å². The first-order valence-corrected chi connectivity index (χ1v) is 8.17. The highest BCUT2D eigenvalue weighted by Crippen LogP contribution is 2.29. The summed E-state index contributed by atoms with van der Waals surface area (Å²) in [5.41, 5.74) is 0.444. The van der Waals surface area contributed by atoms with E-state index in [1.807, 2.05) is 6.07 Å². The predicted octanol–water partition coefficient (Wildman–Crippen LogP) is 2.04. The van der Waals surface area contributed by atoms with Crippen molar-refractivity contribution in [3.05, 3.63) is 71.3 Å². The molecule has 0 aliphatic heterocycles. The molecule has 0 fully saturated rings. The number of carbonyl (C=O) groups excluding carboxylic acids is 2. The average molecular weight is 380 g/mol. The Balaban J connectivity index is 1.86. The fourth-order valence-corrected chi connectivity index (χ4v) is 2.34. The molecular weight excluding hydrogens is 361 g/mol. The van der Waals surface area contributed by atoms with Crippen LogP contribution in [0, 0.1) is 0 Å². The number of benzene rings is 2. The third kappa shape index (κ3) is 6.41. The van der Waals surface area contributed by atoms with Crippen LogP contribution in [0.1, 0.15) is 16.7 Å². The van der Waals surface area contributed by atoms with Crippen molar-refractivity contribution in [2.45, 2.75) is 25.2 Å². The first-order chi connectivity index (χ1) is 12.8. The molecular formula is C19H19F3N2O3. The van der Waals surface area contributed by atoms with E-state index in [4.69, 9.17) is 0 Å². The second-order valence-corrected chi connectivity index (χ2v) is 5.88. The molecule has 0 radical (unpaired) electrons. The molecule has 0 aliphatic carbocycles. The Morgan fingerprint density at radius 1 is 0.963 bits per heavy atom. The van der Waals surface area contributed by atoms with Gasteiger partial charge in [-0.3, -0.25) is 9.59 Å². The topological polar surface area (TPSA) is 78.4 Å². The Labute approximate surface area is 154 Å². The smallest absolute Gasteiger partial charge is 0.394 e. The highest BCUT2D eigenvalue weighted by atomic mass is 19.4. The summed E-state index contributed by atoms with van der Waals surface area (Å²) < 4.78 is 37.6. The molecule has 5 nitrogen and oxygen atoms in total. The molecule has 144 valence electrons. The Bertz CT molecular complexity index is 762. The maximum absolute atomic E-state index is 12.5. The van der Waals surface area contributed by atoms with Gasteiger partial charge in [-0.1, -0.05) is 42.5 Å². The molecule has 1 unspecified atom stereocenters. The van der Waals surface area contributed by atoms with Gasteiger partial charge in [0.15, 0.2) is 0 Å². The number of aliphatic hydroxyl groups excluding tert-OH is 1. The summed E-state index contributed by atoms with van der Waals surface area (Å²) >= 11 is 0. The van der Waals surface area contributed by atoms with E-state index in [-0.39, 0.29) is 13.0 Å². The van der Waals surface area contributed by atoms with Crippen LogP contribution in [0.25, 0.3) is 0 Å². The first kappa shape index (κ1) is 20.4. The van der Waals surface area contributed by atoms with Crippen LogP contribution >= 0.6 is 0 Å². The zero-order chi connectivity index (χ0) is 19.9. The number of amides is 2. The summed E-state index contributed by atoms with van der Waals surface area (Å²) in [5.74, 6) is -1.05. The Hall–Kier alpha value is -2.87. The van der Waals surface area contributed by atoms with E-state index in [1.54, 1.807) is 24.3 Å². The van der Waals surface area contributed by atoms with Crippen LogP contribution in [-0.4, -0.2) is 29.6 Å². The molecule has 0 aromatic heterocycles. The number of hydrogen-bond donors (Lipinski definition) is 3. The van der Waals surface area contributed by atoms with Crippen molar-refractivity contribution < 1.29 is 27.9 Å². The Morgan fingerprint density at radius 2 is 1.59 bits per heavy atom. The molecule has 0 spiro atoms. The molecule has 3 N–H and O–H groups in total. The van der Waals surface area contributed by atoms with Gasteiger partial charge in [0, 0.05) is 6.54 Å². The maximum Gasteiger partial charge on any atom is 0.416 e. The molecule has 1 atom stereocenters. The largest absolute Gasteiger partial charge is 0.416 e. The van der Waals surface area contributed by atoms with Gasteiger partial charge in [-0.05, 0) is 23.3 Å². The fourth-order valence-electron chi connectivity index (χ4n) is 2.34. The minimum absolute atomic E-state index is 0.0258. The van der Waals surface area contributed by atoms with Crippen LogP contribution < -0.4 is 10.6 Å². The lowest BCUT2D eigenvalue weighted by Gasteiger charge is -2.16. The molecule has 0 saturated carbocycles. The number of aliphatic hydroxyl groups is 1. The molecule has 0 saturated heterocycles. The number of halogens is 3. The molecule has 0 bridgehead atoms. The third-order valence-corrected chi connectivity index (χ3v) is 3.79. The minimum atomic E-state index is -4.42. The Morgan fingerprint density at radius 3 is 2.15 bits per heavy atom. The number of hydrogen-bond acceptors (Lipinski definition) is 3. The summed E-state index contributed by atoms with van der Waals surface area (Å²) in [6, 6.07) is 12.1. The second-order valence-electron chi connectivity index (χ2n) is 5.88. The van der Waals surface area contributed by atoms with E-state index in [0.717, 1.165) is 17.7 Å². The van der Waals surface area contributed by atoms with E-state index in [9.17, 15) is 27.9 Å². The summed E-state index contributed by atoms with van der Waals surface area (Å²) in [6.45, 7) is -0.624. The van der Waals surface area contributed by atoms with Crippen molar-refractivity contribution in [1.29, 1.82) is 0 Å². The molecule has 0 aliphatic rings. The van der Waals surface area contributed by atoms with Crippen molar-refractivity contribution in [2.24, 2.45) is 0 Å². The van der Waals surface area contributed by atoms with Gasteiger partial charge < -0.3 is 15.7 Å². The summed E-state index contributed by atoms with van der Waals surface area (Å²) in [5, 5.41) is 14.2. The minimum Gasteiger partial charge on any atom is -0.394 e. The predicted molar refractivity (Wildman–Crippen MR) is 92.5 cm³/mol. The van der Waals surface area contributed by atoms with E-state index < -0.39 is 36.2 Å². The number of nitrogens with one attached hydrogen (secondary N) is 2. The van der Waals surface area contributed by atoms with Crippen molar-refractivity contribution in [2.75, 3.05) is 6.61 Å². The fraction of sp³-hybridized carbons (Fsp3) is 0.263. The first-order valence-electron chi connectivity index (χ1n) is 8.17. The van der Waals surface area contributed by atoms with Crippen LogP contribution in [0.2, 0.25) is 0 Å². The monoisotopic (exact) mass is 380 g/mol. The van der Waals surface area contributed by atoms with E-state index in [2.05, 4.69) is 10.6 Å². The zero-order valence-electron chi connectivity index (χ0n) is 14.3. The van der Waals surface area contributed by atoms with Crippen LogP contribution in [-0.2, 0) is 28.7 Å². The lowest BCUT2D eigenvalue weighted by molar-refractivity contribution is -0.137.